The van der Waals surface area contributed by atoms with Gasteiger partial charge in [0.15, 0.2) is 0 Å². The second-order valence-corrected chi connectivity index (χ2v) is 6.75. The lowest BCUT2D eigenvalue weighted by Crippen LogP contribution is -2.54. The van der Waals surface area contributed by atoms with Crippen molar-refractivity contribution in [2.24, 2.45) is 11.1 Å². The minimum absolute atomic E-state index is 0.0680. The third kappa shape index (κ3) is 2.68. The van der Waals surface area contributed by atoms with Gasteiger partial charge in [0.1, 0.15) is 0 Å². The number of thioether (sulfide) groups is 1. The average molecular weight is 272 g/mol. The first-order chi connectivity index (χ1) is 8.58. The number of hydrogen-bond donors (Lipinski definition) is 2. The summed E-state index contributed by atoms with van der Waals surface area (Å²) in [4.78, 5) is 12.4. The average Bonchev–Trinajstić information content (AvgIpc) is 2.71. The van der Waals surface area contributed by atoms with Crippen molar-refractivity contribution in [1.82, 2.24) is 5.32 Å². The SMILES string of the molecule is CSC1CCCCC1NC(=O)C1(C)COCC1N. The van der Waals surface area contributed by atoms with Crippen LogP contribution in [-0.4, -0.2) is 42.7 Å². The topological polar surface area (TPSA) is 64.3 Å². The van der Waals surface area contributed by atoms with Crippen molar-refractivity contribution >= 4 is 17.7 Å². The van der Waals surface area contributed by atoms with Crippen LogP contribution >= 0.6 is 11.8 Å². The largest absolute Gasteiger partial charge is 0.379 e. The molecule has 0 aromatic rings. The molecule has 4 unspecified atom stereocenters. The zero-order chi connectivity index (χ0) is 13.2. The van der Waals surface area contributed by atoms with Gasteiger partial charge in [-0.25, -0.2) is 0 Å². The second kappa shape index (κ2) is 5.80. The highest BCUT2D eigenvalue weighted by molar-refractivity contribution is 7.99. The van der Waals surface area contributed by atoms with E-state index in [-0.39, 0.29) is 11.9 Å². The van der Waals surface area contributed by atoms with Crippen LogP contribution < -0.4 is 11.1 Å². The van der Waals surface area contributed by atoms with Crippen LogP contribution in [0.15, 0.2) is 0 Å². The lowest BCUT2D eigenvalue weighted by molar-refractivity contribution is -0.131. The first-order valence-electron chi connectivity index (χ1n) is 6.75. The molecule has 4 atom stereocenters. The summed E-state index contributed by atoms with van der Waals surface area (Å²) in [6.45, 7) is 2.84. The monoisotopic (exact) mass is 272 g/mol. The van der Waals surface area contributed by atoms with E-state index in [0.29, 0.717) is 24.5 Å². The Balaban J connectivity index is 1.97. The van der Waals surface area contributed by atoms with Gasteiger partial charge in [-0.2, -0.15) is 11.8 Å². The molecule has 104 valence electrons. The highest BCUT2D eigenvalue weighted by Gasteiger charge is 2.45. The number of nitrogens with one attached hydrogen (secondary N) is 1. The molecule has 3 N–H and O–H groups in total. The normalized spacial score (nSPS) is 40.7. The minimum Gasteiger partial charge on any atom is -0.379 e. The summed E-state index contributed by atoms with van der Waals surface area (Å²) in [6, 6.07) is 0.111. The summed E-state index contributed by atoms with van der Waals surface area (Å²) in [5, 5.41) is 3.76. The van der Waals surface area contributed by atoms with E-state index in [1.165, 1.54) is 19.3 Å². The Labute approximate surface area is 113 Å². The molecule has 0 radical (unpaired) electrons. The van der Waals surface area contributed by atoms with E-state index >= 15 is 0 Å². The molecule has 18 heavy (non-hydrogen) atoms. The fraction of sp³-hybridized carbons (Fsp3) is 0.923. The van der Waals surface area contributed by atoms with Crippen molar-refractivity contribution in [3.05, 3.63) is 0 Å². The van der Waals surface area contributed by atoms with Gasteiger partial charge in [0.05, 0.1) is 18.6 Å². The molecule has 4 nitrogen and oxygen atoms in total. The lowest BCUT2D eigenvalue weighted by atomic mass is 9.84. The molecule has 1 heterocycles. The van der Waals surface area contributed by atoms with Crippen LogP contribution in [0.25, 0.3) is 0 Å². The van der Waals surface area contributed by atoms with Gasteiger partial charge in [-0.15, -0.1) is 0 Å². The molecule has 0 aromatic heterocycles. The summed E-state index contributed by atoms with van der Waals surface area (Å²) < 4.78 is 5.34. The Hall–Kier alpha value is -0.260. The molecule has 2 aliphatic rings. The van der Waals surface area contributed by atoms with Gasteiger partial charge in [0.2, 0.25) is 5.91 Å². The van der Waals surface area contributed by atoms with Gasteiger partial charge in [0.25, 0.3) is 0 Å². The Morgan fingerprint density at radius 1 is 1.44 bits per heavy atom. The standard InChI is InChI=1S/C13H24N2O2S/c1-13(8-17-7-11(13)14)12(16)15-9-5-3-4-6-10(9)18-2/h9-11H,3-8,14H2,1-2H3,(H,15,16). The highest BCUT2D eigenvalue weighted by Crippen LogP contribution is 2.31. The van der Waals surface area contributed by atoms with Gasteiger partial charge < -0.3 is 15.8 Å². The van der Waals surface area contributed by atoms with Crippen molar-refractivity contribution in [1.29, 1.82) is 0 Å². The van der Waals surface area contributed by atoms with E-state index in [4.69, 9.17) is 10.5 Å². The molecule has 1 aliphatic heterocycles. The van der Waals surface area contributed by atoms with Crippen molar-refractivity contribution in [3.63, 3.8) is 0 Å². The number of carbonyl (C=O) groups excluding carboxylic acids is 1. The molecule has 0 spiro atoms. The van der Waals surface area contributed by atoms with Crippen molar-refractivity contribution in [2.75, 3.05) is 19.5 Å². The number of ether oxygens (including phenoxy) is 1. The van der Waals surface area contributed by atoms with E-state index in [1.54, 1.807) is 0 Å². The van der Waals surface area contributed by atoms with Gasteiger partial charge in [0, 0.05) is 17.3 Å². The number of nitrogens with two attached hydrogens (primary N) is 1. The van der Waals surface area contributed by atoms with Crippen molar-refractivity contribution in [3.8, 4) is 0 Å². The molecule has 1 saturated carbocycles. The van der Waals surface area contributed by atoms with E-state index in [9.17, 15) is 4.79 Å². The van der Waals surface area contributed by atoms with Gasteiger partial charge in [-0.1, -0.05) is 12.8 Å². The van der Waals surface area contributed by atoms with Gasteiger partial charge in [-0.05, 0) is 26.0 Å². The zero-order valence-corrected chi connectivity index (χ0v) is 12.1. The van der Waals surface area contributed by atoms with Crippen LogP contribution in [0.2, 0.25) is 0 Å². The highest BCUT2D eigenvalue weighted by atomic mass is 32.2. The van der Waals surface area contributed by atoms with Crippen LogP contribution in [0.3, 0.4) is 0 Å². The summed E-state index contributed by atoms with van der Waals surface area (Å²) in [6.07, 6.45) is 6.90. The minimum atomic E-state index is -0.555. The Bertz CT molecular complexity index is 313. The third-order valence-electron chi connectivity index (χ3n) is 4.36. The van der Waals surface area contributed by atoms with Gasteiger partial charge in [-0.3, -0.25) is 4.79 Å². The Morgan fingerprint density at radius 3 is 2.78 bits per heavy atom. The fourth-order valence-corrected chi connectivity index (χ4v) is 3.74. The van der Waals surface area contributed by atoms with Crippen LogP contribution in [-0.2, 0) is 9.53 Å². The maximum Gasteiger partial charge on any atom is 0.230 e. The molecule has 1 aliphatic carbocycles. The summed E-state index contributed by atoms with van der Waals surface area (Å²) in [7, 11) is 0. The van der Waals surface area contributed by atoms with Crippen LogP contribution in [0, 0.1) is 5.41 Å². The molecular formula is C13H24N2O2S. The van der Waals surface area contributed by atoms with Gasteiger partial charge >= 0.3 is 0 Å². The summed E-state index contributed by atoms with van der Waals surface area (Å²) in [5.74, 6) is 0.0680. The molecule has 1 saturated heterocycles. The predicted molar refractivity (Wildman–Crippen MR) is 74.6 cm³/mol. The smallest absolute Gasteiger partial charge is 0.230 e. The van der Waals surface area contributed by atoms with Crippen LogP contribution in [0.1, 0.15) is 32.6 Å². The molecule has 1 amide bonds. The Kier molecular flexibility index (Phi) is 4.56. The fourth-order valence-electron chi connectivity index (χ4n) is 2.80. The number of hydrogen-bond acceptors (Lipinski definition) is 4. The van der Waals surface area contributed by atoms with Crippen molar-refractivity contribution in [2.45, 2.75) is 49.9 Å². The first kappa shape index (κ1) is 14.2. The second-order valence-electron chi connectivity index (χ2n) is 5.68. The number of rotatable bonds is 3. The summed E-state index contributed by atoms with van der Waals surface area (Å²) in [5.41, 5.74) is 5.44. The molecule has 0 aromatic carbocycles. The maximum atomic E-state index is 12.4. The third-order valence-corrected chi connectivity index (χ3v) is 5.53. The molecule has 2 fully saturated rings. The predicted octanol–water partition coefficient (Wildman–Crippen LogP) is 1.14. The lowest BCUT2D eigenvalue weighted by Gasteiger charge is -2.34. The Morgan fingerprint density at radius 2 is 2.17 bits per heavy atom. The van der Waals surface area contributed by atoms with E-state index in [2.05, 4.69) is 11.6 Å². The maximum absolute atomic E-state index is 12.4. The zero-order valence-electron chi connectivity index (χ0n) is 11.3. The van der Waals surface area contributed by atoms with E-state index in [0.717, 1.165) is 6.42 Å². The van der Waals surface area contributed by atoms with E-state index in [1.807, 2.05) is 18.7 Å². The first-order valence-corrected chi connectivity index (χ1v) is 8.04. The van der Waals surface area contributed by atoms with Crippen LogP contribution in [0.5, 0.6) is 0 Å². The number of carbonyl (C=O) groups is 1. The molecule has 2 rings (SSSR count). The molecule has 5 heteroatoms. The number of amides is 1. The van der Waals surface area contributed by atoms with Crippen LogP contribution in [0.4, 0.5) is 0 Å². The summed E-state index contributed by atoms with van der Waals surface area (Å²) >= 11 is 1.86. The molecular weight excluding hydrogens is 248 g/mol. The van der Waals surface area contributed by atoms with Crippen molar-refractivity contribution < 1.29 is 9.53 Å². The molecule has 0 bridgehead atoms. The quantitative estimate of drug-likeness (QED) is 0.808. The van der Waals surface area contributed by atoms with E-state index < -0.39 is 5.41 Å².